The molecule has 0 aliphatic carbocycles. The van der Waals surface area contributed by atoms with Gasteiger partial charge in [-0.1, -0.05) is 111 Å². The minimum absolute atomic E-state index is 0.825. The number of aromatic nitrogens is 2. The third-order valence-electron chi connectivity index (χ3n) is 6.15. The van der Waals surface area contributed by atoms with E-state index >= 15 is 0 Å². The zero-order valence-corrected chi connectivity index (χ0v) is 21.0. The van der Waals surface area contributed by atoms with E-state index in [-0.39, 0.29) is 0 Å². The number of unbranched alkanes of at least 4 members (excludes halogenated alkanes) is 1. The van der Waals surface area contributed by atoms with Crippen molar-refractivity contribution in [3.05, 3.63) is 101 Å². The molecule has 0 fully saturated rings. The van der Waals surface area contributed by atoms with Gasteiger partial charge in [0.15, 0.2) is 0 Å². The Balaban J connectivity index is 1.80. The lowest BCUT2D eigenvalue weighted by Crippen LogP contribution is -2.26. The molecule has 4 heteroatoms. The molecule has 4 aromatic rings. The van der Waals surface area contributed by atoms with E-state index in [4.69, 9.17) is 16.6 Å². The molecule has 1 heterocycles. The second-order valence-corrected chi connectivity index (χ2v) is 9.18. The molecule has 0 unspecified atom stereocenters. The summed E-state index contributed by atoms with van der Waals surface area (Å²) in [6, 6.07) is 29.3. The van der Waals surface area contributed by atoms with Crippen LogP contribution in [0.3, 0.4) is 0 Å². The van der Waals surface area contributed by atoms with E-state index in [9.17, 15) is 0 Å². The van der Waals surface area contributed by atoms with Crippen molar-refractivity contribution in [3.8, 4) is 22.6 Å². The van der Waals surface area contributed by atoms with Crippen LogP contribution in [0, 0.1) is 0 Å². The molecule has 1 aromatic heterocycles. The van der Waals surface area contributed by atoms with Crippen LogP contribution in [0.5, 0.6) is 0 Å². The van der Waals surface area contributed by atoms with Crippen molar-refractivity contribution in [1.82, 2.24) is 14.5 Å². The van der Waals surface area contributed by atoms with Gasteiger partial charge in [-0.25, -0.2) is 4.98 Å². The van der Waals surface area contributed by atoms with Gasteiger partial charge in [-0.2, -0.15) is 0 Å². The highest BCUT2D eigenvalue weighted by Crippen LogP contribution is 2.31. The smallest absolute Gasteiger partial charge is 0.140 e. The zero-order valence-electron chi connectivity index (χ0n) is 20.3. The maximum absolute atomic E-state index is 6.55. The Morgan fingerprint density at radius 2 is 1.41 bits per heavy atom. The minimum atomic E-state index is 0.825. The SMILES string of the molecule is CCCCN(Cc1ccccc1Cl)Cc1c(-c2ccccc2)nc(-c2ccccc2)n1CCC. The molecule has 0 saturated heterocycles. The molecule has 0 spiro atoms. The maximum atomic E-state index is 6.55. The Hall–Kier alpha value is -2.88. The van der Waals surface area contributed by atoms with Crippen LogP contribution in [0.1, 0.15) is 44.4 Å². The van der Waals surface area contributed by atoms with Gasteiger partial charge in [-0.3, -0.25) is 4.90 Å². The molecule has 0 atom stereocenters. The van der Waals surface area contributed by atoms with Crippen molar-refractivity contribution in [2.75, 3.05) is 6.54 Å². The van der Waals surface area contributed by atoms with E-state index < -0.39 is 0 Å². The van der Waals surface area contributed by atoms with E-state index in [1.807, 2.05) is 12.1 Å². The van der Waals surface area contributed by atoms with Crippen LogP contribution < -0.4 is 0 Å². The van der Waals surface area contributed by atoms with E-state index in [2.05, 4.69) is 96.1 Å². The van der Waals surface area contributed by atoms with E-state index in [0.717, 1.165) is 73.1 Å². The number of nitrogens with zero attached hydrogens (tertiary/aromatic N) is 3. The molecule has 0 bridgehead atoms. The topological polar surface area (TPSA) is 21.1 Å². The third kappa shape index (κ3) is 5.78. The Morgan fingerprint density at radius 1 is 0.765 bits per heavy atom. The van der Waals surface area contributed by atoms with Gasteiger partial charge in [0.2, 0.25) is 0 Å². The summed E-state index contributed by atoms with van der Waals surface area (Å²) < 4.78 is 2.43. The van der Waals surface area contributed by atoms with Crippen molar-refractivity contribution in [1.29, 1.82) is 0 Å². The number of benzene rings is 3. The fourth-order valence-electron chi connectivity index (χ4n) is 4.42. The molecule has 176 valence electrons. The quantitative estimate of drug-likeness (QED) is 0.220. The summed E-state index contributed by atoms with van der Waals surface area (Å²) in [5.41, 5.74) is 5.85. The van der Waals surface area contributed by atoms with E-state index in [0.29, 0.717) is 0 Å². The summed E-state index contributed by atoms with van der Waals surface area (Å²) in [7, 11) is 0. The largest absolute Gasteiger partial charge is 0.326 e. The zero-order chi connectivity index (χ0) is 23.8. The average Bonchev–Trinajstić information content (AvgIpc) is 3.23. The van der Waals surface area contributed by atoms with Crippen LogP contribution in [0.15, 0.2) is 84.9 Å². The van der Waals surface area contributed by atoms with Gasteiger partial charge in [0.05, 0.1) is 11.4 Å². The van der Waals surface area contributed by atoms with Crippen LogP contribution >= 0.6 is 11.6 Å². The third-order valence-corrected chi connectivity index (χ3v) is 6.52. The van der Waals surface area contributed by atoms with E-state index in [1.54, 1.807) is 0 Å². The summed E-state index contributed by atoms with van der Waals surface area (Å²) in [5, 5.41) is 0.833. The first-order valence-corrected chi connectivity index (χ1v) is 12.7. The lowest BCUT2D eigenvalue weighted by Gasteiger charge is -2.24. The molecule has 0 aliphatic heterocycles. The predicted octanol–water partition coefficient (Wildman–Crippen LogP) is 8.08. The Morgan fingerprint density at radius 3 is 2.06 bits per heavy atom. The normalized spacial score (nSPS) is 11.3. The molecular weight excluding hydrogens is 438 g/mol. The first-order valence-electron chi connectivity index (χ1n) is 12.4. The monoisotopic (exact) mass is 471 g/mol. The number of hydrogen-bond donors (Lipinski definition) is 0. The number of imidazole rings is 1. The first-order chi connectivity index (χ1) is 16.7. The molecule has 0 radical (unpaired) electrons. The van der Waals surface area contributed by atoms with Crippen LogP contribution in [-0.4, -0.2) is 21.0 Å². The lowest BCUT2D eigenvalue weighted by atomic mass is 10.1. The highest BCUT2D eigenvalue weighted by Gasteiger charge is 2.21. The molecule has 4 rings (SSSR count). The molecule has 3 nitrogen and oxygen atoms in total. The van der Waals surface area contributed by atoms with Gasteiger partial charge >= 0.3 is 0 Å². The molecule has 0 saturated carbocycles. The van der Waals surface area contributed by atoms with Crippen LogP contribution in [0.2, 0.25) is 5.02 Å². The molecule has 0 amide bonds. The first kappa shape index (κ1) is 24.3. The fourth-order valence-corrected chi connectivity index (χ4v) is 4.62. The number of hydrogen-bond acceptors (Lipinski definition) is 2. The van der Waals surface area contributed by atoms with Crippen molar-refractivity contribution in [2.24, 2.45) is 0 Å². The molecule has 34 heavy (non-hydrogen) atoms. The minimum Gasteiger partial charge on any atom is -0.326 e. The van der Waals surface area contributed by atoms with Crippen LogP contribution in [-0.2, 0) is 19.6 Å². The van der Waals surface area contributed by atoms with Gasteiger partial charge in [-0.15, -0.1) is 0 Å². The van der Waals surface area contributed by atoms with Crippen LogP contribution in [0.25, 0.3) is 22.6 Å². The average molecular weight is 472 g/mol. The molecule has 0 N–H and O–H groups in total. The highest BCUT2D eigenvalue weighted by atomic mass is 35.5. The maximum Gasteiger partial charge on any atom is 0.140 e. The summed E-state index contributed by atoms with van der Waals surface area (Å²) in [6.07, 6.45) is 3.36. The Labute approximate surface area is 209 Å². The lowest BCUT2D eigenvalue weighted by molar-refractivity contribution is 0.246. The summed E-state index contributed by atoms with van der Waals surface area (Å²) in [4.78, 5) is 7.76. The number of halogens is 1. The second-order valence-electron chi connectivity index (χ2n) is 8.77. The summed E-state index contributed by atoms with van der Waals surface area (Å²) in [6.45, 7) is 8.10. The molecular formula is C30H34ClN3. The summed E-state index contributed by atoms with van der Waals surface area (Å²) in [5.74, 6) is 1.05. The van der Waals surface area contributed by atoms with Crippen molar-refractivity contribution in [3.63, 3.8) is 0 Å². The van der Waals surface area contributed by atoms with Gasteiger partial charge < -0.3 is 4.57 Å². The van der Waals surface area contributed by atoms with E-state index in [1.165, 1.54) is 11.3 Å². The molecule has 0 aliphatic rings. The summed E-state index contributed by atoms with van der Waals surface area (Å²) >= 11 is 6.55. The van der Waals surface area contributed by atoms with Gasteiger partial charge in [0, 0.05) is 35.8 Å². The fraction of sp³-hybridized carbons (Fsp3) is 0.300. The Kier molecular flexibility index (Phi) is 8.56. The highest BCUT2D eigenvalue weighted by molar-refractivity contribution is 6.31. The van der Waals surface area contributed by atoms with Gasteiger partial charge in [0.25, 0.3) is 0 Å². The van der Waals surface area contributed by atoms with Crippen molar-refractivity contribution in [2.45, 2.75) is 52.7 Å². The number of rotatable bonds is 11. The standard InChI is InChI=1S/C30H34ClN3/c1-3-5-21-33(22-26-18-12-13-19-27(26)31)23-28-29(24-14-8-6-9-15-24)32-30(34(28)20-4-2)25-16-10-7-11-17-25/h6-19H,3-5,20-23H2,1-2H3. The molecule has 3 aromatic carbocycles. The van der Waals surface area contributed by atoms with Crippen molar-refractivity contribution < 1.29 is 0 Å². The second kappa shape index (κ2) is 12.0. The predicted molar refractivity (Wildman–Crippen MR) is 144 cm³/mol. The van der Waals surface area contributed by atoms with Crippen molar-refractivity contribution >= 4 is 11.6 Å². The Bertz CT molecular complexity index is 1170. The van der Waals surface area contributed by atoms with Crippen LogP contribution in [0.4, 0.5) is 0 Å². The van der Waals surface area contributed by atoms with Gasteiger partial charge in [-0.05, 0) is 31.0 Å². The van der Waals surface area contributed by atoms with Gasteiger partial charge in [0.1, 0.15) is 5.82 Å².